The molecule has 0 amide bonds. The van der Waals surface area contributed by atoms with Crippen molar-refractivity contribution in [3.05, 3.63) is 34.7 Å². The van der Waals surface area contributed by atoms with Crippen LogP contribution in [0.1, 0.15) is 10.5 Å². The van der Waals surface area contributed by atoms with Crippen LogP contribution in [0.4, 0.5) is 0 Å². The number of Topliss-reactive ketones (excluding diaryl/α,β-unsaturated/α-hetero) is 1. The molecule has 0 saturated carbocycles. The highest BCUT2D eigenvalue weighted by Crippen LogP contribution is 2.18. The number of hydrogen-bond acceptors (Lipinski definition) is 3. The number of ketones is 1. The number of halogens is 1. The highest BCUT2D eigenvalue weighted by molar-refractivity contribution is 9.10. The predicted molar refractivity (Wildman–Crippen MR) is 56.3 cm³/mol. The van der Waals surface area contributed by atoms with Gasteiger partial charge >= 0.3 is 0 Å². The van der Waals surface area contributed by atoms with Gasteiger partial charge in [0.15, 0.2) is 5.78 Å². The van der Waals surface area contributed by atoms with Crippen LogP contribution >= 0.6 is 15.9 Å². The lowest BCUT2D eigenvalue weighted by Crippen LogP contribution is -2.14. The Hall–Kier alpha value is -1.20. The molecule has 2 heterocycles. The Balaban J connectivity index is 2.68. The summed E-state index contributed by atoms with van der Waals surface area (Å²) in [5.74, 6) is -0.166. The highest BCUT2D eigenvalue weighted by Gasteiger charge is 2.14. The molecule has 2 N–H and O–H groups in total. The monoisotopic (exact) mass is 253 g/mol. The number of fused-ring (bicyclic) bond motifs is 1. The van der Waals surface area contributed by atoms with Gasteiger partial charge in [0.05, 0.1) is 6.54 Å². The van der Waals surface area contributed by atoms with E-state index in [0.717, 1.165) is 5.65 Å². The molecule has 2 aromatic rings. The molecule has 0 bridgehead atoms. The lowest BCUT2D eigenvalue weighted by molar-refractivity contribution is 0.0996. The number of imidazole rings is 1. The van der Waals surface area contributed by atoms with E-state index in [2.05, 4.69) is 20.9 Å². The Kier molecular flexibility index (Phi) is 2.35. The molecule has 0 radical (unpaired) electrons. The number of nitrogens with two attached hydrogens (primary N) is 1. The van der Waals surface area contributed by atoms with Crippen LogP contribution in [0.3, 0.4) is 0 Å². The molecule has 4 nitrogen and oxygen atoms in total. The average molecular weight is 254 g/mol. The van der Waals surface area contributed by atoms with Gasteiger partial charge in [-0.25, -0.2) is 4.98 Å². The first-order valence-electron chi connectivity index (χ1n) is 4.10. The third-order valence-corrected chi connectivity index (χ3v) is 2.68. The minimum absolute atomic E-state index is 0.0253. The number of aromatic nitrogens is 2. The standard InChI is InChI=1S/C9H8BrN3O/c10-9-8(6(14)5-11)12-7-3-1-2-4-13(7)9/h1-4H,5,11H2. The van der Waals surface area contributed by atoms with E-state index < -0.39 is 0 Å². The Labute approximate surface area is 88.9 Å². The van der Waals surface area contributed by atoms with Crippen LogP contribution in [0.5, 0.6) is 0 Å². The molecule has 0 unspecified atom stereocenters. The molecule has 0 aliphatic carbocycles. The van der Waals surface area contributed by atoms with Crippen molar-refractivity contribution in [2.24, 2.45) is 5.73 Å². The van der Waals surface area contributed by atoms with E-state index in [1.807, 2.05) is 24.4 Å². The molecule has 0 fully saturated rings. The smallest absolute Gasteiger partial charge is 0.197 e. The van der Waals surface area contributed by atoms with E-state index in [0.29, 0.717) is 10.3 Å². The van der Waals surface area contributed by atoms with Gasteiger partial charge in [-0.2, -0.15) is 0 Å². The van der Waals surface area contributed by atoms with Crippen molar-refractivity contribution >= 4 is 27.4 Å². The highest BCUT2D eigenvalue weighted by atomic mass is 79.9. The molecule has 0 aliphatic heterocycles. The number of hydrogen-bond donors (Lipinski definition) is 1. The first-order chi connectivity index (χ1) is 6.74. The van der Waals surface area contributed by atoms with E-state index in [1.165, 1.54) is 0 Å². The van der Waals surface area contributed by atoms with Crippen LogP contribution in [0.15, 0.2) is 29.0 Å². The second kappa shape index (κ2) is 3.51. The summed E-state index contributed by atoms with van der Waals surface area (Å²) >= 11 is 3.32. The largest absolute Gasteiger partial charge is 0.324 e. The van der Waals surface area contributed by atoms with Gasteiger partial charge in [0.25, 0.3) is 0 Å². The number of carbonyl (C=O) groups excluding carboxylic acids is 1. The Morgan fingerprint density at radius 3 is 3.00 bits per heavy atom. The zero-order chi connectivity index (χ0) is 10.1. The number of pyridine rings is 1. The lowest BCUT2D eigenvalue weighted by Gasteiger charge is -1.93. The summed E-state index contributed by atoms with van der Waals surface area (Å²) in [5, 5.41) is 0. The van der Waals surface area contributed by atoms with Gasteiger partial charge in [-0.15, -0.1) is 0 Å². The Morgan fingerprint density at radius 1 is 1.57 bits per heavy atom. The summed E-state index contributed by atoms with van der Waals surface area (Å²) in [4.78, 5) is 15.5. The van der Waals surface area contributed by atoms with Crippen LogP contribution in [0.2, 0.25) is 0 Å². The summed E-state index contributed by atoms with van der Waals surface area (Å²) in [6, 6.07) is 5.57. The zero-order valence-corrected chi connectivity index (χ0v) is 8.86. The summed E-state index contributed by atoms with van der Waals surface area (Å²) < 4.78 is 2.45. The average Bonchev–Trinajstić information content (AvgIpc) is 2.56. The summed E-state index contributed by atoms with van der Waals surface area (Å²) in [7, 11) is 0. The van der Waals surface area contributed by atoms with Crippen molar-refractivity contribution in [2.75, 3.05) is 6.54 Å². The van der Waals surface area contributed by atoms with Crippen LogP contribution in [0, 0.1) is 0 Å². The minimum Gasteiger partial charge on any atom is -0.324 e. The normalized spacial score (nSPS) is 10.7. The van der Waals surface area contributed by atoms with Crippen LogP contribution in [0.25, 0.3) is 5.65 Å². The van der Waals surface area contributed by atoms with E-state index in [-0.39, 0.29) is 12.3 Å². The second-order valence-corrected chi connectivity index (χ2v) is 3.56. The van der Waals surface area contributed by atoms with E-state index >= 15 is 0 Å². The van der Waals surface area contributed by atoms with E-state index in [1.54, 1.807) is 4.40 Å². The van der Waals surface area contributed by atoms with Gasteiger partial charge in [0.1, 0.15) is 15.9 Å². The van der Waals surface area contributed by atoms with Crippen LogP contribution in [-0.4, -0.2) is 21.7 Å². The third-order valence-electron chi connectivity index (χ3n) is 1.92. The molecular formula is C9H8BrN3O. The van der Waals surface area contributed by atoms with Crippen LogP contribution in [-0.2, 0) is 0 Å². The van der Waals surface area contributed by atoms with Gasteiger partial charge in [0, 0.05) is 6.20 Å². The van der Waals surface area contributed by atoms with Gasteiger partial charge in [-0.3, -0.25) is 9.20 Å². The molecule has 14 heavy (non-hydrogen) atoms. The Morgan fingerprint density at radius 2 is 2.36 bits per heavy atom. The van der Waals surface area contributed by atoms with Crippen molar-refractivity contribution in [2.45, 2.75) is 0 Å². The minimum atomic E-state index is -0.166. The zero-order valence-electron chi connectivity index (χ0n) is 7.27. The number of carbonyl (C=O) groups is 1. The summed E-state index contributed by atoms with van der Waals surface area (Å²) in [6.45, 7) is -0.0253. The molecule has 0 saturated heterocycles. The van der Waals surface area contributed by atoms with Gasteiger partial charge in [-0.1, -0.05) is 6.07 Å². The lowest BCUT2D eigenvalue weighted by atomic mass is 10.3. The molecule has 0 aromatic carbocycles. The maximum absolute atomic E-state index is 11.4. The second-order valence-electron chi connectivity index (χ2n) is 2.81. The fourth-order valence-corrected chi connectivity index (χ4v) is 1.85. The van der Waals surface area contributed by atoms with Crippen molar-refractivity contribution in [1.29, 1.82) is 0 Å². The fourth-order valence-electron chi connectivity index (χ4n) is 1.24. The number of rotatable bonds is 2. The Bertz CT molecular complexity index is 492. The molecular weight excluding hydrogens is 246 g/mol. The molecule has 2 aromatic heterocycles. The van der Waals surface area contributed by atoms with Crippen LogP contribution < -0.4 is 5.73 Å². The molecule has 0 atom stereocenters. The quantitative estimate of drug-likeness (QED) is 0.820. The van der Waals surface area contributed by atoms with Crippen molar-refractivity contribution in [3.63, 3.8) is 0 Å². The van der Waals surface area contributed by atoms with Gasteiger partial charge in [-0.05, 0) is 28.1 Å². The third kappa shape index (κ3) is 1.34. The molecule has 72 valence electrons. The SMILES string of the molecule is NCC(=O)c1nc2ccccn2c1Br. The maximum atomic E-state index is 11.4. The van der Waals surface area contributed by atoms with Gasteiger partial charge in [0.2, 0.25) is 0 Å². The van der Waals surface area contributed by atoms with Gasteiger partial charge < -0.3 is 5.73 Å². The maximum Gasteiger partial charge on any atom is 0.197 e. The first kappa shape index (κ1) is 9.36. The first-order valence-corrected chi connectivity index (χ1v) is 4.89. The summed E-state index contributed by atoms with van der Waals surface area (Å²) in [6.07, 6.45) is 1.83. The fraction of sp³-hybridized carbons (Fsp3) is 0.111. The topological polar surface area (TPSA) is 60.4 Å². The molecule has 2 rings (SSSR count). The van der Waals surface area contributed by atoms with E-state index in [9.17, 15) is 4.79 Å². The summed E-state index contributed by atoms with van der Waals surface area (Å²) in [5.41, 5.74) is 6.40. The van der Waals surface area contributed by atoms with Crippen molar-refractivity contribution < 1.29 is 4.79 Å². The number of nitrogens with zero attached hydrogens (tertiary/aromatic N) is 2. The van der Waals surface area contributed by atoms with Crippen molar-refractivity contribution in [1.82, 2.24) is 9.38 Å². The molecule has 0 spiro atoms. The van der Waals surface area contributed by atoms with Crippen molar-refractivity contribution in [3.8, 4) is 0 Å². The molecule has 5 heteroatoms. The molecule has 0 aliphatic rings. The van der Waals surface area contributed by atoms with E-state index in [4.69, 9.17) is 5.73 Å². The predicted octanol–water partition coefficient (Wildman–Crippen LogP) is 1.24.